The number of ether oxygens (including phenoxy) is 2. The fourth-order valence-electron chi connectivity index (χ4n) is 1.65. The second-order valence-electron chi connectivity index (χ2n) is 3.80. The van der Waals surface area contributed by atoms with Crippen molar-refractivity contribution in [3.05, 3.63) is 35.4 Å². The minimum Gasteiger partial charge on any atom is -0.469 e. The third-order valence-electron chi connectivity index (χ3n) is 2.64. The van der Waals surface area contributed by atoms with E-state index in [9.17, 15) is 4.79 Å². The topological polar surface area (TPSA) is 47.6 Å². The summed E-state index contributed by atoms with van der Waals surface area (Å²) < 4.78 is 9.71. The van der Waals surface area contributed by atoms with Crippen molar-refractivity contribution >= 4 is 5.97 Å². The normalized spacial score (nSPS) is 12.2. The molecule has 0 heterocycles. The van der Waals surface area contributed by atoms with Crippen LogP contribution in [0.3, 0.4) is 0 Å². The van der Waals surface area contributed by atoms with Crippen LogP contribution in [0.15, 0.2) is 24.3 Å². The van der Waals surface area contributed by atoms with Crippen LogP contribution in [-0.4, -0.2) is 27.2 Å². The number of esters is 1. The van der Waals surface area contributed by atoms with E-state index >= 15 is 0 Å². The van der Waals surface area contributed by atoms with Crippen molar-refractivity contribution < 1.29 is 14.3 Å². The quantitative estimate of drug-likeness (QED) is 0.764. The van der Waals surface area contributed by atoms with Gasteiger partial charge < -0.3 is 14.8 Å². The molecular formula is C13H19NO3. The average Bonchev–Trinajstić information content (AvgIpc) is 2.37. The third kappa shape index (κ3) is 4.17. The van der Waals surface area contributed by atoms with Crippen molar-refractivity contribution in [1.82, 2.24) is 5.32 Å². The molecule has 1 rings (SSSR count). The molecule has 0 fully saturated rings. The van der Waals surface area contributed by atoms with Gasteiger partial charge in [-0.15, -0.1) is 0 Å². The first-order valence-corrected chi connectivity index (χ1v) is 5.53. The van der Waals surface area contributed by atoms with Gasteiger partial charge in [0, 0.05) is 13.2 Å². The highest BCUT2D eigenvalue weighted by Gasteiger charge is 2.14. The van der Waals surface area contributed by atoms with Crippen molar-refractivity contribution in [3.63, 3.8) is 0 Å². The standard InChI is InChI=1S/C13H19NO3/c1-14-12(8-13(15)17-3)11-6-4-10(5-7-11)9-16-2/h4-7,12,14H,8-9H2,1-3H3. The minimum absolute atomic E-state index is 0.0148. The molecule has 0 aliphatic heterocycles. The van der Waals surface area contributed by atoms with Gasteiger partial charge in [-0.3, -0.25) is 4.79 Å². The maximum Gasteiger partial charge on any atom is 0.307 e. The largest absolute Gasteiger partial charge is 0.469 e. The lowest BCUT2D eigenvalue weighted by molar-refractivity contribution is -0.141. The van der Waals surface area contributed by atoms with Crippen molar-refractivity contribution in [2.75, 3.05) is 21.3 Å². The Bertz CT molecular complexity index is 348. The number of nitrogens with one attached hydrogen (secondary N) is 1. The fourth-order valence-corrected chi connectivity index (χ4v) is 1.65. The Hall–Kier alpha value is -1.39. The summed E-state index contributed by atoms with van der Waals surface area (Å²) in [5.74, 6) is -0.217. The summed E-state index contributed by atoms with van der Waals surface area (Å²) in [7, 11) is 4.90. The predicted molar refractivity (Wildman–Crippen MR) is 65.6 cm³/mol. The molecule has 0 aliphatic rings. The summed E-state index contributed by atoms with van der Waals surface area (Å²) in [5.41, 5.74) is 2.18. The van der Waals surface area contributed by atoms with Gasteiger partial charge in [-0.1, -0.05) is 24.3 Å². The molecule has 0 spiro atoms. The van der Waals surface area contributed by atoms with Gasteiger partial charge in [0.25, 0.3) is 0 Å². The van der Waals surface area contributed by atoms with Crippen molar-refractivity contribution in [3.8, 4) is 0 Å². The van der Waals surface area contributed by atoms with Crippen LogP contribution in [-0.2, 0) is 20.9 Å². The molecule has 17 heavy (non-hydrogen) atoms. The van der Waals surface area contributed by atoms with Crippen molar-refractivity contribution in [2.24, 2.45) is 0 Å². The Balaban J connectivity index is 2.71. The van der Waals surface area contributed by atoms with Crippen LogP contribution in [0.2, 0.25) is 0 Å². The van der Waals surface area contributed by atoms with Crippen LogP contribution >= 0.6 is 0 Å². The zero-order valence-corrected chi connectivity index (χ0v) is 10.5. The highest BCUT2D eigenvalue weighted by molar-refractivity contribution is 5.70. The molecule has 0 bridgehead atoms. The first-order chi connectivity index (χ1) is 8.21. The van der Waals surface area contributed by atoms with Crippen LogP contribution in [0.4, 0.5) is 0 Å². The fraction of sp³-hybridized carbons (Fsp3) is 0.462. The highest BCUT2D eigenvalue weighted by Crippen LogP contribution is 2.17. The molecule has 1 aromatic rings. The van der Waals surface area contributed by atoms with Crippen molar-refractivity contribution in [2.45, 2.75) is 19.1 Å². The zero-order valence-electron chi connectivity index (χ0n) is 10.5. The second kappa shape index (κ2) is 7.04. The van der Waals surface area contributed by atoms with E-state index in [1.54, 1.807) is 7.11 Å². The molecule has 0 aliphatic carbocycles. The van der Waals surface area contributed by atoms with E-state index in [1.807, 2.05) is 31.3 Å². The van der Waals surface area contributed by atoms with E-state index in [2.05, 4.69) is 10.1 Å². The Kier molecular flexibility index (Phi) is 5.66. The molecule has 1 aromatic carbocycles. The second-order valence-corrected chi connectivity index (χ2v) is 3.80. The summed E-state index contributed by atoms with van der Waals surface area (Å²) >= 11 is 0. The van der Waals surface area contributed by atoms with E-state index < -0.39 is 0 Å². The van der Waals surface area contributed by atoms with Crippen LogP contribution in [0, 0.1) is 0 Å². The average molecular weight is 237 g/mol. The van der Waals surface area contributed by atoms with Gasteiger partial charge in [-0.2, -0.15) is 0 Å². The molecule has 0 saturated heterocycles. The summed E-state index contributed by atoms with van der Waals surface area (Å²) in [6, 6.07) is 7.98. The summed E-state index contributed by atoms with van der Waals surface area (Å²) in [4.78, 5) is 11.2. The monoisotopic (exact) mass is 237 g/mol. The number of hydrogen-bond acceptors (Lipinski definition) is 4. The van der Waals surface area contributed by atoms with Gasteiger partial charge in [0.1, 0.15) is 0 Å². The van der Waals surface area contributed by atoms with E-state index in [-0.39, 0.29) is 12.0 Å². The van der Waals surface area contributed by atoms with Gasteiger partial charge in [0.05, 0.1) is 20.1 Å². The van der Waals surface area contributed by atoms with Gasteiger partial charge >= 0.3 is 5.97 Å². The summed E-state index contributed by atoms with van der Waals surface area (Å²) in [5, 5.41) is 3.10. The lowest BCUT2D eigenvalue weighted by Gasteiger charge is -2.15. The maximum atomic E-state index is 11.2. The highest BCUT2D eigenvalue weighted by atomic mass is 16.5. The molecule has 0 aromatic heterocycles. The number of carbonyl (C=O) groups excluding carboxylic acids is 1. The molecule has 4 heteroatoms. The van der Waals surface area contributed by atoms with Gasteiger partial charge in [-0.05, 0) is 18.2 Å². The Morgan fingerprint density at radius 3 is 2.41 bits per heavy atom. The minimum atomic E-state index is -0.217. The first kappa shape index (κ1) is 13.7. The Morgan fingerprint density at radius 2 is 1.94 bits per heavy atom. The summed E-state index contributed by atoms with van der Waals surface area (Å²) in [6.07, 6.45) is 0.330. The number of methoxy groups -OCH3 is 2. The molecule has 1 unspecified atom stereocenters. The van der Waals surface area contributed by atoms with Gasteiger partial charge in [0.15, 0.2) is 0 Å². The zero-order chi connectivity index (χ0) is 12.7. The Labute approximate surface area is 102 Å². The molecular weight excluding hydrogens is 218 g/mol. The first-order valence-electron chi connectivity index (χ1n) is 5.53. The molecule has 0 radical (unpaired) electrons. The van der Waals surface area contributed by atoms with Crippen LogP contribution < -0.4 is 5.32 Å². The van der Waals surface area contributed by atoms with Gasteiger partial charge in [0.2, 0.25) is 0 Å². The molecule has 0 saturated carbocycles. The number of carbonyl (C=O) groups is 1. The molecule has 94 valence electrons. The van der Waals surface area contributed by atoms with E-state index in [0.717, 1.165) is 11.1 Å². The van der Waals surface area contributed by atoms with E-state index in [4.69, 9.17) is 4.74 Å². The lowest BCUT2D eigenvalue weighted by Crippen LogP contribution is -2.20. The van der Waals surface area contributed by atoms with Crippen molar-refractivity contribution in [1.29, 1.82) is 0 Å². The molecule has 1 N–H and O–H groups in total. The molecule has 1 atom stereocenters. The number of rotatable bonds is 6. The van der Waals surface area contributed by atoms with E-state index in [0.29, 0.717) is 13.0 Å². The van der Waals surface area contributed by atoms with E-state index in [1.165, 1.54) is 7.11 Å². The number of hydrogen-bond donors (Lipinski definition) is 1. The lowest BCUT2D eigenvalue weighted by atomic mass is 10.0. The SMILES string of the molecule is CNC(CC(=O)OC)c1ccc(COC)cc1. The third-order valence-corrected chi connectivity index (χ3v) is 2.64. The van der Waals surface area contributed by atoms with Gasteiger partial charge in [-0.25, -0.2) is 0 Å². The predicted octanol–water partition coefficient (Wildman–Crippen LogP) is 1.66. The van der Waals surface area contributed by atoms with Crippen LogP contribution in [0.5, 0.6) is 0 Å². The smallest absolute Gasteiger partial charge is 0.307 e. The molecule has 0 amide bonds. The molecule has 4 nitrogen and oxygen atoms in total. The Morgan fingerprint density at radius 1 is 1.29 bits per heavy atom. The summed E-state index contributed by atoms with van der Waals surface area (Å²) in [6.45, 7) is 0.599. The number of benzene rings is 1. The van der Waals surface area contributed by atoms with Crippen LogP contribution in [0.1, 0.15) is 23.6 Å². The van der Waals surface area contributed by atoms with Crippen LogP contribution in [0.25, 0.3) is 0 Å². The maximum absolute atomic E-state index is 11.2.